The molecule has 3 N–H and O–H groups in total. The second-order valence-electron chi connectivity index (χ2n) is 4.60. The number of aromatic hydroxyl groups is 1. The van der Waals surface area contributed by atoms with Crippen molar-refractivity contribution in [3.8, 4) is 5.75 Å². The first kappa shape index (κ1) is 12.4. The van der Waals surface area contributed by atoms with Crippen molar-refractivity contribution in [3.63, 3.8) is 0 Å². The lowest BCUT2D eigenvalue weighted by Gasteiger charge is -2.30. The Morgan fingerprint density at radius 3 is 2.53 bits per heavy atom. The Hall–Kier alpha value is -1.07. The van der Waals surface area contributed by atoms with Crippen molar-refractivity contribution in [1.29, 1.82) is 0 Å². The number of sulfone groups is 1. The van der Waals surface area contributed by atoms with Gasteiger partial charge in [0.15, 0.2) is 9.84 Å². The van der Waals surface area contributed by atoms with Crippen molar-refractivity contribution in [2.75, 3.05) is 18.1 Å². The molecule has 1 heterocycles. The van der Waals surface area contributed by atoms with E-state index in [0.717, 1.165) is 5.56 Å². The van der Waals surface area contributed by atoms with Gasteiger partial charge in [0, 0.05) is 0 Å². The summed E-state index contributed by atoms with van der Waals surface area (Å²) in [5.41, 5.74) is 6.73. The van der Waals surface area contributed by atoms with Crippen LogP contribution in [-0.4, -0.2) is 31.6 Å². The van der Waals surface area contributed by atoms with Crippen LogP contribution in [0.5, 0.6) is 5.75 Å². The molecule has 1 saturated heterocycles. The molecular formula is C12H17NO3S. The minimum absolute atomic E-state index is 0.0155. The van der Waals surface area contributed by atoms with Crippen LogP contribution in [0.15, 0.2) is 24.3 Å². The third kappa shape index (κ3) is 2.79. The Bertz CT molecular complexity index is 481. The summed E-state index contributed by atoms with van der Waals surface area (Å²) in [6, 6.07) is 6.96. The topological polar surface area (TPSA) is 80.4 Å². The van der Waals surface area contributed by atoms with Gasteiger partial charge in [-0.15, -0.1) is 0 Å². The lowest BCUT2D eigenvalue weighted by Crippen LogP contribution is -2.35. The van der Waals surface area contributed by atoms with Crippen LogP contribution < -0.4 is 5.73 Å². The Morgan fingerprint density at radius 1 is 1.29 bits per heavy atom. The summed E-state index contributed by atoms with van der Waals surface area (Å²) in [5.74, 6) is 0.799. The quantitative estimate of drug-likeness (QED) is 0.821. The van der Waals surface area contributed by atoms with E-state index in [1.54, 1.807) is 12.1 Å². The molecule has 0 bridgehead atoms. The summed E-state index contributed by atoms with van der Waals surface area (Å²) in [7, 11) is -2.92. The standard InChI is InChI=1S/C12H17NO3S/c13-7-10-8-17(15,16)6-5-12(10)9-1-3-11(14)4-2-9/h1-4,10,12,14H,5-8,13H2. The summed E-state index contributed by atoms with van der Waals surface area (Å²) in [6.45, 7) is 0.380. The molecule has 94 valence electrons. The largest absolute Gasteiger partial charge is 0.508 e. The second-order valence-corrected chi connectivity index (χ2v) is 6.83. The zero-order chi connectivity index (χ0) is 12.5. The van der Waals surface area contributed by atoms with Crippen LogP contribution >= 0.6 is 0 Å². The monoisotopic (exact) mass is 255 g/mol. The molecule has 1 aliphatic rings. The van der Waals surface area contributed by atoms with Gasteiger partial charge in [-0.25, -0.2) is 8.42 Å². The zero-order valence-electron chi connectivity index (χ0n) is 9.54. The maximum Gasteiger partial charge on any atom is 0.150 e. The van der Waals surface area contributed by atoms with E-state index in [0.29, 0.717) is 13.0 Å². The van der Waals surface area contributed by atoms with Crippen LogP contribution in [0.2, 0.25) is 0 Å². The predicted octanol–water partition coefficient (Wildman–Crippen LogP) is 0.869. The highest BCUT2D eigenvalue weighted by Crippen LogP contribution is 2.34. The second kappa shape index (κ2) is 4.66. The van der Waals surface area contributed by atoms with Gasteiger partial charge in [-0.1, -0.05) is 12.1 Å². The molecule has 4 nitrogen and oxygen atoms in total. The third-order valence-electron chi connectivity index (χ3n) is 3.40. The SMILES string of the molecule is NCC1CS(=O)(=O)CCC1c1ccc(O)cc1. The fraction of sp³-hybridized carbons (Fsp3) is 0.500. The minimum Gasteiger partial charge on any atom is -0.508 e. The molecule has 2 rings (SSSR count). The van der Waals surface area contributed by atoms with E-state index in [1.165, 1.54) is 0 Å². The molecule has 5 heteroatoms. The average molecular weight is 255 g/mol. The van der Waals surface area contributed by atoms with E-state index in [1.807, 2.05) is 12.1 Å². The van der Waals surface area contributed by atoms with Crippen LogP contribution in [0, 0.1) is 5.92 Å². The van der Waals surface area contributed by atoms with Crippen molar-refractivity contribution >= 4 is 9.84 Å². The molecule has 2 unspecified atom stereocenters. The summed E-state index contributed by atoms with van der Waals surface area (Å²) in [6.07, 6.45) is 0.620. The van der Waals surface area contributed by atoms with Gasteiger partial charge >= 0.3 is 0 Å². The van der Waals surface area contributed by atoms with E-state index in [9.17, 15) is 13.5 Å². The molecular weight excluding hydrogens is 238 g/mol. The number of nitrogens with two attached hydrogens (primary N) is 1. The summed E-state index contributed by atoms with van der Waals surface area (Å²) in [4.78, 5) is 0. The third-order valence-corrected chi connectivity index (χ3v) is 5.19. The highest BCUT2D eigenvalue weighted by molar-refractivity contribution is 7.91. The Morgan fingerprint density at radius 2 is 1.94 bits per heavy atom. The van der Waals surface area contributed by atoms with Crippen molar-refractivity contribution in [1.82, 2.24) is 0 Å². The first-order valence-corrected chi connectivity index (χ1v) is 7.53. The molecule has 0 amide bonds. The minimum atomic E-state index is -2.92. The van der Waals surface area contributed by atoms with E-state index in [4.69, 9.17) is 5.73 Å². The molecule has 0 spiro atoms. The van der Waals surface area contributed by atoms with Crippen LogP contribution in [0.25, 0.3) is 0 Å². The number of benzene rings is 1. The van der Waals surface area contributed by atoms with Gasteiger partial charge in [0.2, 0.25) is 0 Å². The molecule has 2 atom stereocenters. The van der Waals surface area contributed by atoms with Gasteiger partial charge < -0.3 is 10.8 Å². The first-order valence-electron chi connectivity index (χ1n) is 5.71. The zero-order valence-corrected chi connectivity index (χ0v) is 10.4. The van der Waals surface area contributed by atoms with Crippen molar-refractivity contribution in [2.24, 2.45) is 11.7 Å². The molecule has 1 fully saturated rings. The maximum atomic E-state index is 11.6. The summed E-state index contributed by atoms with van der Waals surface area (Å²) < 4.78 is 23.1. The molecule has 1 aliphatic heterocycles. The number of phenolic OH excluding ortho intramolecular Hbond substituents is 1. The van der Waals surface area contributed by atoms with Gasteiger partial charge in [0.25, 0.3) is 0 Å². The maximum absolute atomic E-state index is 11.6. The van der Waals surface area contributed by atoms with Crippen LogP contribution in [-0.2, 0) is 9.84 Å². The molecule has 1 aromatic rings. The molecule has 0 saturated carbocycles. The molecule has 17 heavy (non-hydrogen) atoms. The van der Waals surface area contributed by atoms with E-state index in [-0.39, 0.29) is 29.1 Å². The fourth-order valence-electron chi connectivity index (χ4n) is 2.46. The van der Waals surface area contributed by atoms with Crippen molar-refractivity contribution in [2.45, 2.75) is 12.3 Å². The van der Waals surface area contributed by atoms with Crippen molar-refractivity contribution in [3.05, 3.63) is 29.8 Å². The van der Waals surface area contributed by atoms with Gasteiger partial charge in [0.1, 0.15) is 5.75 Å². The number of phenols is 1. The van der Waals surface area contributed by atoms with Gasteiger partial charge in [-0.05, 0) is 42.5 Å². The summed E-state index contributed by atoms with van der Waals surface area (Å²) >= 11 is 0. The van der Waals surface area contributed by atoms with Crippen molar-refractivity contribution < 1.29 is 13.5 Å². The normalized spacial score (nSPS) is 27.8. The fourth-order valence-corrected chi connectivity index (χ4v) is 4.26. The highest BCUT2D eigenvalue weighted by Gasteiger charge is 2.32. The van der Waals surface area contributed by atoms with Crippen LogP contribution in [0.1, 0.15) is 17.9 Å². The van der Waals surface area contributed by atoms with Gasteiger partial charge in [-0.3, -0.25) is 0 Å². The number of rotatable bonds is 2. The smallest absolute Gasteiger partial charge is 0.150 e. The Labute approximate surface area is 101 Å². The number of hydrogen-bond acceptors (Lipinski definition) is 4. The predicted molar refractivity (Wildman–Crippen MR) is 66.7 cm³/mol. The first-order chi connectivity index (χ1) is 8.02. The summed E-state index contributed by atoms with van der Waals surface area (Å²) in [5, 5.41) is 9.24. The highest BCUT2D eigenvalue weighted by atomic mass is 32.2. The van der Waals surface area contributed by atoms with Crippen LogP contribution in [0.3, 0.4) is 0 Å². The Kier molecular flexibility index (Phi) is 3.40. The van der Waals surface area contributed by atoms with E-state index >= 15 is 0 Å². The molecule has 1 aromatic carbocycles. The molecule has 0 aliphatic carbocycles. The lowest BCUT2D eigenvalue weighted by atomic mass is 9.85. The van der Waals surface area contributed by atoms with Gasteiger partial charge in [-0.2, -0.15) is 0 Å². The average Bonchev–Trinajstić information content (AvgIpc) is 2.29. The van der Waals surface area contributed by atoms with Crippen LogP contribution in [0.4, 0.5) is 0 Å². The number of hydrogen-bond donors (Lipinski definition) is 2. The van der Waals surface area contributed by atoms with E-state index < -0.39 is 9.84 Å². The lowest BCUT2D eigenvalue weighted by molar-refractivity contribution is 0.430. The molecule has 0 aromatic heterocycles. The molecule has 0 radical (unpaired) electrons. The van der Waals surface area contributed by atoms with Gasteiger partial charge in [0.05, 0.1) is 11.5 Å². The Balaban J connectivity index is 2.23. The van der Waals surface area contributed by atoms with E-state index in [2.05, 4.69) is 0 Å².